The Kier molecular flexibility index (Phi) is 6.33. The zero-order valence-electron chi connectivity index (χ0n) is 15.5. The monoisotopic (exact) mass is 357 g/mol. The normalized spacial score (nSPS) is 10.5. The lowest BCUT2D eigenvalue weighted by molar-refractivity contribution is -0.115. The zero-order valence-corrected chi connectivity index (χ0v) is 15.5. The second kappa shape index (κ2) is 8.47. The Bertz CT molecular complexity index is 773. The standard InChI is InChI=1S/C20H24FN3O2/c1-14(2)24(18-10-8-16(21)9-11-18)13-19(25)22-17-7-5-6-15(12-17)20(26)23(3)4/h5-12,14H,13H2,1-4H3,(H,22,25). The molecule has 5 nitrogen and oxygen atoms in total. The van der Waals surface area contributed by atoms with Crippen LogP contribution in [-0.4, -0.2) is 43.4 Å². The maximum Gasteiger partial charge on any atom is 0.253 e. The summed E-state index contributed by atoms with van der Waals surface area (Å²) in [5.74, 6) is -0.655. The predicted octanol–water partition coefficient (Wildman–Crippen LogP) is 3.38. The molecule has 1 N–H and O–H groups in total. The lowest BCUT2D eigenvalue weighted by Gasteiger charge is -2.28. The van der Waals surface area contributed by atoms with Gasteiger partial charge in [-0.2, -0.15) is 0 Å². The van der Waals surface area contributed by atoms with Crippen LogP contribution in [0.4, 0.5) is 15.8 Å². The quantitative estimate of drug-likeness (QED) is 0.862. The van der Waals surface area contributed by atoms with Crippen molar-refractivity contribution in [1.82, 2.24) is 4.90 Å². The highest BCUT2D eigenvalue weighted by atomic mass is 19.1. The SMILES string of the molecule is CC(C)N(CC(=O)Nc1cccc(C(=O)N(C)C)c1)c1ccc(F)cc1. The number of nitrogens with zero attached hydrogens (tertiary/aromatic N) is 2. The van der Waals surface area contributed by atoms with Crippen LogP contribution in [0.2, 0.25) is 0 Å². The van der Waals surface area contributed by atoms with E-state index in [1.165, 1.54) is 17.0 Å². The highest BCUT2D eigenvalue weighted by molar-refractivity contribution is 5.98. The fourth-order valence-corrected chi connectivity index (χ4v) is 2.55. The Hall–Kier alpha value is -2.89. The summed E-state index contributed by atoms with van der Waals surface area (Å²) in [6, 6.07) is 12.9. The van der Waals surface area contributed by atoms with Crippen molar-refractivity contribution in [3.63, 3.8) is 0 Å². The van der Waals surface area contributed by atoms with E-state index in [0.29, 0.717) is 11.3 Å². The van der Waals surface area contributed by atoms with Crippen LogP contribution in [0.25, 0.3) is 0 Å². The van der Waals surface area contributed by atoms with Crippen LogP contribution in [0.1, 0.15) is 24.2 Å². The molecule has 26 heavy (non-hydrogen) atoms. The van der Waals surface area contributed by atoms with Gasteiger partial charge >= 0.3 is 0 Å². The molecule has 0 heterocycles. The Morgan fingerprint density at radius 2 is 1.73 bits per heavy atom. The van der Waals surface area contributed by atoms with Gasteiger partial charge < -0.3 is 15.1 Å². The van der Waals surface area contributed by atoms with E-state index in [-0.39, 0.29) is 30.2 Å². The molecular weight excluding hydrogens is 333 g/mol. The van der Waals surface area contributed by atoms with E-state index in [4.69, 9.17) is 0 Å². The van der Waals surface area contributed by atoms with E-state index in [2.05, 4.69) is 5.32 Å². The largest absolute Gasteiger partial charge is 0.360 e. The van der Waals surface area contributed by atoms with Crippen molar-refractivity contribution in [3.8, 4) is 0 Å². The molecule has 0 fully saturated rings. The maximum absolute atomic E-state index is 13.1. The van der Waals surface area contributed by atoms with Crippen molar-refractivity contribution < 1.29 is 14.0 Å². The molecule has 2 aromatic rings. The van der Waals surface area contributed by atoms with E-state index in [9.17, 15) is 14.0 Å². The minimum Gasteiger partial charge on any atom is -0.360 e. The van der Waals surface area contributed by atoms with Crippen molar-refractivity contribution in [2.45, 2.75) is 19.9 Å². The van der Waals surface area contributed by atoms with Gasteiger partial charge in [-0.1, -0.05) is 6.07 Å². The highest BCUT2D eigenvalue weighted by Gasteiger charge is 2.16. The first-order valence-corrected chi connectivity index (χ1v) is 8.41. The highest BCUT2D eigenvalue weighted by Crippen LogP contribution is 2.18. The van der Waals surface area contributed by atoms with E-state index in [1.807, 2.05) is 18.7 Å². The van der Waals surface area contributed by atoms with Gasteiger partial charge in [0.25, 0.3) is 5.91 Å². The number of hydrogen-bond acceptors (Lipinski definition) is 3. The average Bonchev–Trinajstić information content (AvgIpc) is 2.60. The Labute approximate surface area is 153 Å². The van der Waals surface area contributed by atoms with Crippen molar-refractivity contribution >= 4 is 23.2 Å². The summed E-state index contributed by atoms with van der Waals surface area (Å²) in [5.41, 5.74) is 1.84. The number of hydrogen-bond donors (Lipinski definition) is 1. The van der Waals surface area contributed by atoms with Gasteiger partial charge in [0.15, 0.2) is 0 Å². The summed E-state index contributed by atoms with van der Waals surface area (Å²) in [4.78, 5) is 27.9. The molecule has 0 atom stereocenters. The topological polar surface area (TPSA) is 52.7 Å². The molecule has 2 rings (SSSR count). The lowest BCUT2D eigenvalue weighted by atomic mass is 10.1. The van der Waals surface area contributed by atoms with Gasteiger partial charge in [-0.25, -0.2) is 4.39 Å². The van der Waals surface area contributed by atoms with E-state index in [0.717, 1.165) is 5.69 Å². The zero-order chi connectivity index (χ0) is 19.3. The first-order valence-electron chi connectivity index (χ1n) is 8.41. The van der Waals surface area contributed by atoms with Gasteiger partial charge in [0.05, 0.1) is 6.54 Å². The van der Waals surface area contributed by atoms with Gasteiger partial charge in [0.2, 0.25) is 5.91 Å². The fourth-order valence-electron chi connectivity index (χ4n) is 2.55. The van der Waals surface area contributed by atoms with Crippen LogP contribution < -0.4 is 10.2 Å². The molecule has 0 spiro atoms. The minimum atomic E-state index is -0.315. The van der Waals surface area contributed by atoms with Crippen LogP contribution in [0.3, 0.4) is 0 Å². The molecule has 0 aliphatic rings. The number of rotatable bonds is 6. The van der Waals surface area contributed by atoms with Crippen molar-refractivity contribution in [1.29, 1.82) is 0 Å². The summed E-state index contributed by atoms with van der Waals surface area (Å²) in [5, 5.41) is 2.82. The first-order chi connectivity index (χ1) is 12.3. The second-order valence-corrected chi connectivity index (χ2v) is 6.53. The molecule has 2 aromatic carbocycles. The Morgan fingerprint density at radius 1 is 1.08 bits per heavy atom. The molecule has 0 saturated heterocycles. The van der Waals surface area contributed by atoms with E-state index >= 15 is 0 Å². The Morgan fingerprint density at radius 3 is 2.31 bits per heavy atom. The third-order valence-electron chi connectivity index (χ3n) is 3.90. The van der Waals surface area contributed by atoms with Gasteiger partial charge in [-0.3, -0.25) is 9.59 Å². The van der Waals surface area contributed by atoms with Crippen molar-refractivity contribution in [2.24, 2.45) is 0 Å². The van der Waals surface area contributed by atoms with Crippen LogP contribution in [0.5, 0.6) is 0 Å². The third-order valence-corrected chi connectivity index (χ3v) is 3.90. The van der Waals surface area contributed by atoms with Gasteiger partial charge in [-0.05, 0) is 56.3 Å². The molecule has 0 aromatic heterocycles. The van der Waals surface area contributed by atoms with E-state index < -0.39 is 0 Å². The molecule has 6 heteroatoms. The molecule has 0 saturated carbocycles. The third kappa shape index (κ3) is 5.05. The molecule has 138 valence electrons. The van der Waals surface area contributed by atoms with Crippen LogP contribution in [0, 0.1) is 5.82 Å². The molecule has 0 radical (unpaired) electrons. The van der Waals surface area contributed by atoms with Crippen LogP contribution in [0.15, 0.2) is 48.5 Å². The second-order valence-electron chi connectivity index (χ2n) is 6.53. The summed E-state index contributed by atoms with van der Waals surface area (Å²) >= 11 is 0. The molecule has 0 aliphatic heterocycles. The van der Waals surface area contributed by atoms with Crippen LogP contribution >= 0.6 is 0 Å². The molecular formula is C20H24FN3O2. The lowest BCUT2D eigenvalue weighted by Crippen LogP contribution is -2.38. The smallest absolute Gasteiger partial charge is 0.253 e. The van der Waals surface area contributed by atoms with E-state index in [1.54, 1.807) is 50.5 Å². The number of carbonyl (C=O) groups is 2. The number of anilines is 2. The number of carbonyl (C=O) groups excluding carboxylic acids is 2. The summed E-state index contributed by atoms with van der Waals surface area (Å²) in [6.45, 7) is 4.05. The molecule has 0 aliphatic carbocycles. The predicted molar refractivity (Wildman–Crippen MR) is 102 cm³/mol. The van der Waals surface area contributed by atoms with Crippen molar-refractivity contribution in [2.75, 3.05) is 30.9 Å². The van der Waals surface area contributed by atoms with Gasteiger partial charge in [0.1, 0.15) is 5.82 Å². The summed E-state index contributed by atoms with van der Waals surface area (Å²) in [7, 11) is 3.35. The maximum atomic E-state index is 13.1. The average molecular weight is 357 g/mol. The first kappa shape index (κ1) is 19.4. The molecule has 2 amide bonds. The van der Waals surface area contributed by atoms with Gasteiger partial charge in [0, 0.05) is 37.1 Å². The molecule has 0 unspecified atom stereocenters. The summed E-state index contributed by atoms with van der Waals surface area (Å²) in [6.07, 6.45) is 0. The Balaban J connectivity index is 2.10. The number of benzene rings is 2. The summed E-state index contributed by atoms with van der Waals surface area (Å²) < 4.78 is 13.1. The minimum absolute atomic E-state index is 0.0628. The number of amides is 2. The number of nitrogens with one attached hydrogen (secondary N) is 1. The number of halogens is 1. The van der Waals surface area contributed by atoms with Gasteiger partial charge in [-0.15, -0.1) is 0 Å². The molecule has 0 bridgehead atoms. The van der Waals surface area contributed by atoms with Crippen molar-refractivity contribution in [3.05, 3.63) is 59.9 Å². The van der Waals surface area contributed by atoms with Crippen LogP contribution in [-0.2, 0) is 4.79 Å². The fraction of sp³-hybridized carbons (Fsp3) is 0.300.